The summed E-state index contributed by atoms with van der Waals surface area (Å²) >= 11 is 3.28. The Bertz CT molecular complexity index is 1010. The van der Waals surface area contributed by atoms with Gasteiger partial charge in [0.15, 0.2) is 0 Å². The number of hydrogen-bond donors (Lipinski definition) is 1. The molecular weight excluding hydrogens is 420 g/mol. The molecule has 28 heavy (non-hydrogen) atoms. The molecule has 1 heterocycles. The Morgan fingerprint density at radius 3 is 2.50 bits per heavy atom. The third-order valence-electron chi connectivity index (χ3n) is 4.16. The number of hydrogen-bond acceptors (Lipinski definition) is 4. The molecule has 3 rings (SSSR count). The van der Waals surface area contributed by atoms with Gasteiger partial charge < -0.3 is 10.1 Å². The van der Waals surface area contributed by atoms with Crippen LogP contribution in [0.4, 0.5) is 5.69 Å². The van der Waals surface area contributed by atoms with E-state index >= 15 is 0 Å². The van der Waals surface area contributed by atoms with Crippen LogP contribution in [0, 0.1) is 13.8 Å². The van der Waals surface area contributed by atoms with E-state index < -0.39 is 18.0 Å². The van der Waals surface area contributed by atoms with Crippen molar-refractivity contribution >= 4 is 33.5 Å². The lowest BCUT2D eigenvalue weighted by Crippen LogP contribution is -2.26. The van der Waals surface area contributed by atoms with Crippen LogP contribution in [0.5, 0.6) is 0 Å². The number of pyridine rings is 1. The van der Waals surface area contributed by atoms with Crippen LogP contribution in [0.2, 0.25) is 0 Å². The first-order valence-corrected chi connectivity index (χ1v) is 9.48. The van der Waals surface area contributed by atoms with Crippen LogP contribution in [-0.2, 0) is 9.53 Å². The molecule has 0 spiro atoms. The summed E-state index contributed by atoms with van der Waals surface area (Å²) in [5.41, 5.74) is 3.48. The van der Waals surface area contributed by atoms with Crippen LogP contribution in [0.1, 0.15) is 33.2 Å². The van der Waals surface area contributed by atoms with E-state index in [4.69, 9.17) is 4.74 Å². The molecule has 1 amide bonds. The number of nitrogens with one attached hydrogen (secondary N) is 1. The highest BCUT2D eigenvalue weighted by Crippen LogP contribution is 2.24. The van der Waals surface area contributed by atoms with E-state index in [0.29, 0.717) is 15.7 Å². The molecule has 0 fully saturated rings. The molecule has 0 saturated heterocycles. The van der Waals surface area contributed by atoms with Gasteiger partial charge in [0.25, 0.3) is 5.91 Å². The molecule has 0 aliphatic carbocycles. The molecule has 0 radical (unpaired) electrons. The topological polar surface area (TPSA) is 68.3 Å². The first-order chi connectivity index (χ1) is 13.4. The average molecular weight is 439 g/mol. The van der Waals surface area contributed by atoms with E-state index in [1.807, 2.05) is 38.1 Å². The molecule has 0 bridgehead atoms. The van der Waals surface area contributed by atoms with Gasteiger partial charge >= 0.3 is 5.97 Å². The fourth-order valence-corrected chi connectivity index (χ4v) is 3.03. The van der Waals surface area contributed by atoms with Gasteiger partial charge in [0.05, 0.1) is 5.56 Å². The van der Waals surface area contributed by atoms with Crippen LogP contribution in [0.25, 0.3) is 0 Å². The van der Waals surface area contributed by atoms with Crippen LogP contribution in [0.3, 0.4) is 0 Å². The van der Waals surface area contributed by atoms with Crippen molar-refractivity contribution < 1.29 is 14.3 Å². The van der Waals surface area contributed by atoms with Gasteiger partial charge in [-0.25, -0.2) is 4.79 Å². The van der Waals surface area contributed by atoms with E-state index in [1.54, 1.807) is 36.5 Å². The molecular formula is C22H19BrN2O3. The molecule has 1 unspecified atom stereocenters. The van der Waals surface area contributed by atoms with Gasteiger partial charge in [-0.05, 0) is 53.0 Å². The normalized spacial score (nSPS) is 11.5. The van der Waals surface area contributed by atoms with Crippen molar-refractivity contribution in [2.75, 3.05) is 5.32 Å². The lowest BCUT2D eigenvalue weighted by molar-refractivity contribution is -0.125. The van der Waals surface area contributed by atoms with E-state index in [1.165, 1.54) is 6.20 Å². The number of carbonyl (C=O) groups is 2. The maximum atomic E-state index is 13.0. The van der Waals surface area contributed by atoms with Crippen molar-refractivity contribution in [1.29, 1.82) is 0 Å². The Balaban J connectivity index is 1.88. The lowest BCUT2D eigenvalue weighted by atomic mass is 10.1. The summed E-state index contributed by atoms with van der Waals surface area (Å²) < 4.78 is 6.22. The average Bonchev–Trinajstić information content (AvgIpc) is 2.69. The van der Waals surface area contributed by atoms with Gasteiger partial charge in [-0.2, -0.15) is 0 Å². The van der Waals surface area contributed by atoms with Crippen molar-refractivity contribution in [3.8, 4) is 0 Å². The maximum Gasteiger partial charge on any atom is 0.340 e. The molecule has 1 aromatic heterocycles. The number of aryl methyl sites for hydroxylation is 2. The highest BCUT2D eigenvalue weighted by molar-refractivity contribution is 9.10. The number of carbonyl (C=O) groups excluding carboxylic acids is 2. The molecule has 0 aliphatic heterocycles. The zero-order valence-corrected chi connectivity index (χ0v) is 17.1. The van der Waals surface area contributed by atoms with Crippen LogP contribution < -0.4 is 5.32 Å². The molecule has 3 aromatic rings. The van der Waals surface area contributed by atoms with Gasteiger partial charge in [0.1, 0.15) is 0 Å². The zero-order valence-electron chi connectivity index (χ0n) is 15.5. The lowest BCUT2D eigenvalue weighted by Gasteiger charge is -2.19. The summed E-state index contributed by atoms with van der Waals surface area (Å²) in [4.78, 5) is 29.6. The van der Waals surface area contributed by atoms with Crippen LogP contribution in [0.15, 0.2) is 71.5 Å². The van der Waals surface area contributed by atoms with Crippen LogP contribution >= 0.6 is 15.9 Å². The minimum atomic E-state index is -1.09. The van der Waals surface area contributed by atoms with Crippen molar-refractivity contribution in [3.63, 3.8) is 0 Å². The van der Waals surface area contributed by atoms with E-state index in [0.717, 1.165) is 11.1 Å². The van der Waals surface area contributed by atoms with Crippen molar-refractivity contribution in [1.82, 2.24) is 4.98 Å². The first-order valence-electron chi connectivity index (χ1n) is 8.68. The molecule has 0 aliphatic rings. The molecule has 1 N–H and O–H groups in total. The summed E-state index contributed by atoms with van der Waals surface area (Å²) in [5.74, 6) is -1.05. The largest absolute Gasteiger partial charge is 0.444 e. The number of ether oxygens (including phenoxy) is 1. The summed E-state index contributed by atoms with van der Waals surface area (Å²) in [6.07, 6.45) is 1.88. The molecule has 1 atom stereocenters. The first kappa shape index (κ1) is 19.8. The molecule has 2 aromatic carbocycles. The number of benzene rings is 2. The van der Waals surface area contributed by atoms with Crippen molar-refractivity contribution in [3.05, 3.63) is 93.7 Å². The van der Waals surface area contributed by atoms with E-state index in [9.17, 15) is 9.59 Å². The minimum Gasteiger partial charge on any atom is -0.444 e. The number of amides is 1. The third kappa shape index (κ3) is 4.84. The number of esters is 1. The molecule has 142 valence electrons. The molecule has 5 nitrogen and oxygen atoms in total. The highest BCUT2D eigenvalue weighted by atomic mass is 79.9. The van der Waals surface area contributed by atoms with Crippen molar-refractivity contribution in [2.45, 2.75) is 20.0 Å². The Labute approximate surface area is 171 Å². The number of aromatic nitrogens is 1. The smallest absolute Gasteiger partial charge is 0.340 e. The quantitative estimate of drug-likeness (QED) is 0.569. The summed E-state index contributed by atoms with van der Waals surface area (Å²) in [7, 11) is 0. The van der Waals surface area contributed by atoms with Gasteiger partial charge in [0, 0.05) is 28.1 Å². The van der Waals surface area contributed by atoms with Crippen molar-refractivity contribution in [2.24, 2.45) is 0 Å². The van der Waals surface area contributed by atoms with Gasteiger partial charge in [-0.3, -0.25) is 9.78 Å². The molecule has 0 saturated carbocycles. The van der Waals surface area contributed by atoms with E-state index in [-0.39, 0.29) is 5.56 Å². The van der Waals surface area contributed by atoms with E-state index in [2.05, 4.69) is 26.2 Å². The summed E-state index contributed by atoms with van der Waals surface area (Å²) in [6, 6.07) is 16.3. The third-order valence-corrected chi connectivity index (χ3v) is 4.59. The summed E-state index contributed by atoms with van der Waals surface area (Å²) in [5, 5.41) is 2.88. The Hall–Kier alpha value is -2.99. The Morgan fingerprint density at radius 2 is 1.79 bits per heavy atom. The second-order valence-electron chi connectivity index (χ2n) is 6.40. The SMILES string of the molecule is Cc1ccc(C)c(NC(=O)C(OC(=O)c2cncc(Br)c2)c2ccccc2)c1. The standard InChI is InChI=1S/C22H19BrN2O3/c1-14-8-9-15(2)19(10-14)25-21(26)20(16-6-4-3-5-7-16)28-22(27)17-11-18(23)13-24-12-17/h3-13,20H,1-2H3,(H,25,26). The second-order valence-corrected chi connectivity index (χ2v) is 7.31. The minimum absolute atomic E-state index is 0.259. The zero-order chi connectivity index (χ0) is 20.1. The van der Waals surface area contributed by atoms with Gasteiger partial charge in [-0.15, -0.1) is 0 Å². The number of rotatable bonds is 5. The fourth-order valence-electron chi connectivity index (χ4n) is 2.67. The number of nitrogens with zero attached hydrogens (tertiary/aromatic N) is 1. The summed E-state index contributed by atoms with van der Waals surface area (Å²) in [6.45, 7) is 3.86. The Morgan fingerprint density at radius 1 is 1.04 bits per heavy atom. The predicted molar refractivity (Wildman–Crippen MR) is 111 cm³/mol. The number of halogens is 1. The monoisotopic (exact) mass is 438 g/mol. The number of anilines is 1. The van der Waals surface area contributed by atoms with Crippen LogP contribution in [-0.4, -0.2) is 16.9 Å². The maximum absolute atomic E-state index is 13.0. The fraction of sp³-hybridized carbons (Fsp3) is 0.136. The second kappa shape index (κ2) is 8.80. The Kier molecular flexibility index (Phi) is 6.21. The van der Waals surface area contributed by atoms with Gasteiger partial charge in [0.2, 0.25) is 6.10 Å². The van der Waals surface area contributed by atoms with Gasteiger partial charge in [-0.1, -0.05) is 42.5 Å². The predicted octanol–water partition coefficient (Wildman–Crippen LogP) is 5.00. The molecule has 6 heteroatoms. The highest BCUT2D eigenvalue weighted by Gasteiger charge is 2.26.